The van der Waals surface area contributed by atoms with Crippen LogP contribution in [0.2, 0.25) is 0 Å². The molecule has 1 aromatic heterocycles. The molecular formula is C9H11F3N2. The Kier molecular flexibility index (Phi) is 2.06. The molecule has 78 valence electrons. The summed E-state index contributed by atoms with van der Waals surface area (Å²) in [7, 11) is 0. The van der Waals surface area contributed by atoms with Crippen LogP contribution in [0.25, 0.3) is 0 Å². The Bertz CT molecular complexity index is 298. The van der Waals surface area contributed by atoms with Crippen molar-refractivity contribution in [2.24, 2.45) is 0 Å². The third-order valence-electron chi connectivity index (χ3n) is 2.57. The lowest BCUT2D eigenvalue weighted by Crippen LogP contribution is -2.44. The summed E-state index contributed by atoms with van der Waals surface area (Å²) in [6, 6.07) is 3.53. The lowest BCUT2D eigenvalue weighted by molar-refractivity contribution is -0.166. The normalized spacial score (nSPS) is 19.6. The molecule has 2 nitrogen and oxygen atoms in total. The molecule has 1 saturated carbocycles. The van der Waals surface area contributed by atoms with Crippen LogP contribution >= 0.6 is 0 Å². The monoisotopic (exact) mass is 204 g/mol. The van der Waals surface area contributed by atoms with Gasteiger partial charge in [-0.25, -0.2) is 0 Å². The van der Waals surface area contributed by atoms with Gasteiger partial charge in [-0.2, -0.15) is 13.2 Å². The van der Waals surface area contributed by atoms with E-state index >= 15 is 0 Å². The van der Waals surface area contributed by atoms with Gasteiger partial charge in [-0.15, -0.1) is 0 Å². The van der Waals surface area contributed by atoms with E-state index in [1.807, 2.05) is 0 Å². The molecule has 14 heavy (non-hydrogen) atoms. The van der Waals surface area contributed by atoms with Gasteiger partial charge in [-0.05, 0) is 25.0 Å². The van der Waals surface area contributed by atoms with E-state index in [-0.39, 0.29) is 19.4 Å². The molecule has 1 aliphatic carbocycles. The molecule has 1 aliphatic rings. The summed E-state index contributed by atoms with van der Waals surface area (Å²) in [5.74, 6) is 0. The van der Waals surface area contributed by atoms with Crippen molar-refractivity contribution >= 4 is 0 Å². The number of alkyl halides is 3. The first-order valence-electron chi connectivity index (χ1n) is 4.48. The Labute approximate surface area is 79.5 Å². The van der Waals surface area contributed by atoms with E-state index in [1.165, 1.54) is 0 Å². The number of aromatic nitrogens is 1. The van der Waals surface area contributed by atoms with Gasteiger partial charge in [0.15, 0.2) is 0 Å². The summed E-state index contributed by atoms with van der Waals surface area (Å²) in [5.41, 5.74) is -0.835. The van der Waals surface area contributed by atoms with Gasteiger partial charge in [-0.1, -0.05) is 0 Å². The quantitative estimate of drug-likeness (QED) is 0.776. The van der Waals surface area contributed by atoms with Crippen molar-refractivity contribution in [3.8, 4) is 0 Å². The molecule has 0 atom stereocenters. The summed E-state index contributed by atoms with van der Waals surface area (Å²) in [6.45, 7) is 0.243. The molecule has 0 spiro atoms. The molecule has 0 radical (unpaired) electrons. The Morgan fingerprint density at radius 1 is 1.43 bits per heavy atom. The molecular weight excluding hydrogens is 193 g/mol. The molecule has 1 fully saturated rings. The first kappa shape index (κ1) is 9.58. The molecule has 1 aromatic rings. The fourth-order valence-electron chi connectivity index (χ4n) is 1.43. The van der Waals surface area contributed by atoms with Crippen LogP contribution in [0, 0.1) is 0 Å². The first-order chi connectivity index (χ1) is 6.54. The largest absolute Gasteiger partial charge is 0.406 e. The second kappa shape index (κ2) is 3.02. The second-order valence-corrected chi connectivity index (χ2v) is 3.63. The first-order valence-corrected chi connectivity index (χ1v) is 4.48. The summed E-state index contributed by atoms with van der Waals surface area (Å²) in [5, 5.41) is 2.56. The number of H-pyrrole nitrogens is 1. The van der Waals surface area contributed by atoms with Crippen molar-refractivity contribution in [2.45, 2.75) is 31.1 Å². The number of rotatable bonds is 3. The minimum atomic E-state index is -4.13. The number of aromatic amines is 1. The molecule has 0 unspecified atom stereocenters. The van der Waals surface area contributed by atoms with E-state index in [4.69, 9.17) is 0 Å². The second-order valence-electron chi connectivity index (χ2n) is 3.63. The lowest BCUT2D eigenvalue weighted by Gasteiger charge is -2.20. The van der Waals surface area contributed by atoms with Crippen molar-refractivity contribution in [3.05, 3.63) is 24.0 Å². The standard InChI is InChI=1S/C9H11F3N2/c10-9(11,12)8(3-4-8)14-6-7-2-1-5-13-7/h1-2,5,13-14H,3-4,6H2. The maximum absolute atomic E-state index is 12.5. The van der Waals surface area contributed by atoms with Crippen LogP contribution in [0.5, 0.6) is 0 Å². The molecule has 2 N–H and O–H groups in total. The van der Waals surface area contributed by atoms with Crippen molar-refractivity contribution in [3.63, 3.8) is 0 Å². The van der Waals surface area contributed by atoms with Crippen LogP contribution in [-0.4, -0.2) is 16.7 Å². The highest BCUT2D eigenvalue weighted by molar-refractivity contribution is 5.11. The highest BCUT2D eigenvalue weighted by Gasteiger charge is 2.62. The fourth-order valence-corrected chi connectivity index (χ4v) is 1.43. The van der Waals surface area contributed by atoms with E-state index in [0.29, 0.717) is 0 Å². The van der Waals surface area contributed by atoms with Crippen LogP contribution in [-0.2, 0) is 6.54 Å². The molecule has 0 aliphatic heterocycles. The SMILES string of the molecule is FC(F)(F)C1(NCc2ccc[nH]2)CC1. The highest BCUT2D eigenvalue weighted by Crippen LogP contribution is 2.48. The zero-order chi connectivity index (χ0) is 10.2. The van der Waals surface area contributed by atoms with E-state index in [0.717, 1.165) is 5.69 Å². The van der Waals surface area contributed by atoms with Crippen LogP contribution in [0.3, 0.4) is 0 Å². The molecule has 1 heterocycles. The van der Waals surface area contributed by atoms with Crippen molar-refractivity contribution in [2.75, 3.05) is 0 Å². The van der Waals surface area contributed by atoms with E-state index in [1.54, 1.807) is 18.3 Å². The Hall–Kier alpha value is -0.970. The predicted molar refractivity (Wildman–Crippen MR) is 45.7 cm³/mol. The minimum Gasteiger partial charge on any atom is -0.364 e. The van der Waals surface area contributed by atoms with Gasteiger partial charge in [-0.3, -0.25) is 5.32 Å². The molecule has 2 rings (SSSR count). The average Bonchev–Trinajstić information content (AvgIpc) is 2.72. The topological polar surface area (TPSA) is 27.8 Å². The van der Waals surface area contributed by atoms with Gasteiger partial charge >= 0.3 is 6.18 Å². The third-order valence-corrected chi connectivity index (χ3v) is 2.57. The Balaban J connectivity index is 1.93. The fraction of sp³-hybridized carbons (Fsp3) is 0.556. The maximum Gasteiger partial charge on any atom is 0.406 e. The van der Waals surface area contributed by atoms with Crippen LogP contribution in [0.1, 0.15) is 18.5 Å². The van der Waals surface area contributed by atoms with Crippen molar-refractivity contribution in [1.29, 1.82) is 0 Å². The zero-order valence-electron chi connectivity index (χ0n) is 7.49. The third kappa shape index (κ3) is 1.64. The summed E-state index contributed by atoms with van der Waals surface area (Å²) in [6.07, 6.45) is -2.04. The van der Waals surface area contributed by atoms with Crippen molar-refractivity contribution < 1.29 is 13.2 Å². The molecule has 0 saturated heterocycles. The average molecular weight is 204 g/mol. The van der Waals surface area contributed by atoms with Gasteiger partial charge in [0.1, 0.15) is 5.54 Å². The highest BCUT2D eigenvalue weighted by atomic mass is 19.4. The van der Waals surface area contributed by atoms with E-state index < -0.39 is 11.7 Å². The molecule has 5 heteroatoms. The number of nitrogens with one attached hydrogen (secondary N) is 2. The summed E-state index contributed by atoms with van der Waals surface area (Å²) in [4.78, 5) is 2.86. The minimum absolute atomic E-state index is 0.192. The van der Waals surface area contributed by atoms with Crippen LogP contribution in [0.4, 0.5) is 13.2 Å². The molecule has 0 bridgehead atoms. The Morgan fingerprint density at radius 3 is 2.57 bits per heavy atom. The number of hydrogen-bond donors (Lipinski definition) is 2. The van der Waals surface area contributed by atoms with Crippen molar-refractivity contribution in [1.82, 2.24) is 10.3 Å². The lowest BCUT2D eigenvalue weighted by atomic mass is 10.2. The van der Waals surface area contributed by atoms with Crippen LogP contribution < -0.4 is 5.32 Å². The zero-order valence-corrected chi connectivity index (χ0v) is 7.49. The number of hydrogen-bond acceptors (Lipinski definition) is 1. The van der Waals surface area contributed by atoms with Crippen LogP contribution in [0.15, 0.2) is 18.3 Å². The predicted octanol–water partition coefficient (Wildman–Crippen LogP) is 2.20. The summed E-state index contributed by atoms with van der Waals surface area (Å²) >= 11 is 0. The van der Waals surface area contributed by atoms with Gasteiger partial charge < -0.3 is 4.98 Å². The van der Waals surface area contributed by atoms with Gasteiger partial charge in [0.2, 0.25) is 0 Å². The van der Waals surface area contributed by atoms with Gasteiger partial charge in [0, 0.05) is 18.4 Å². The molecule has 0 aromatic carbocycles. The summed E-state index contributed by atoms with van der Waals surface area (Å²) < 4.78 is 37.4. The molecule has 0 amide bonds. The number of halogens is 3. The van der Waals surface area contributed by atoms with E-state index in [2.05, 4.69) is 10.3 Å². The van der Waals surface area contributed by atoms with E-state index in [9.17, 15) is 13.2 Å². The Morgan fingerprint density at radius 2 is 2.14 bits per heavy atom. The maximum atomic E-state index is 12.5. The van der Waals surface area contributed by atoms with Gasteiger partial charge in [0.25, 0.3) is 0 Å². The van der Waals surface area contributed by atoms with Gasteiger partial charge in [0.05, 0.1) is 0 Å². The smallest absolute Gasteiger partial charge is 0.364 e.